The van der Waals surface area contributed by atoms with Crippen LogP contribution in [-0.2, 0) is 36.7 Å². The van der Waals surface area contributed by atoms with Gasteiger partial charge in [-0.3, -0.25) is 32.4 Å². The van der Waals surface area contributed by atoms with Gasteiger partial charge in [0.25, 0.3) is 5.56 Å². The van der Waals surface area contributed by atoms with Gasteiger partial charge < -0.3 is 24.4 Å². The summed E-state index contributed by atoms with van der Waals surface area (Å²) in [6.07, 6.45) is -5.31. The van der Waals surface area contributed by atoms with Crippen LogP contribution >= 0.6 is 15.6 Å². The van der Waals surface area contributed by atoms with Crippen LogP contribution in [0.2, 0.25) is 0 Å². The topological polar surface area (TPSA) is 253 Å². The first-order valence-corrected chi connectivity index (χ1v) is 13.2. The van der Waals surface area contributed by atoms with Gasteiger partial charge in [-0.15, -0.1) is 0 Å². The molecule has 36 heavy (non-hydrogen) atoms. The van der Waals surface area contributed by atoms with Crippen molar-refractivity contribution in [1.29, 1.82) is 10.5 Å². The van der Waals surface area contributed by atoms with Crippen molar-refractivity contribution in [1.82, 2.24) is 9.55 Å². The number of nitrogens with one attached hydrogen (secondary N) is 1. The minimum absolute atomic E-state index is 0.207. The van der Waals surface area contributed by atoms with E-state index in [1.807, 2.05) is 4.98 Å². The van der Waals surface area contributed by atoms with Crippen molar-refractivity contribution in [3.8, 4) is 12.1 Å². The van der Waals surface area contributed by atoms with E-state index in [1.54, 1.807) is 12.1 Å². The van der Waals surface area contributed by atoms with E-state index in [0.29, 0.717) is 0 Å². The molecule has 0 spiro atoms. The molecule has 4 N–H and O–H groups in total. The van der Waals surface area contributed by atoms with E-state index >= 15 is 0 Å². The first-order valence-electron chi connectivity index (χ1n) is 10.2. The molecule has 1 aliphatic rings. The minimum atomic E-state index is -4.88. The average Bonchev–Trinajstić information content (AvgIpc) is 3.12. The highest BCUT2D eigenvalue weighted by Crippen LogP contribution is 2.50. The zero-order chi connectivity index (χ0) is 26.8. The smallest absolute Gasteiger partial charge is 0.394 e. The van der Waals surface area contributed by atoms with Gasteiger partial charge in [0.1, 0.15) is 18.3 Å². The summed E-state index contributed by atoms with van der Waals surface area (Å²) in [7, 11) is -9.58. The third-order valence-electron chi connectivity index (χ3n) is 4.41. The first-order chi connectivity index (χ1) is 17.0. The lowest BCUT2D eigenvalue weighted by Gasteiger charge is -2.26. The molecule has 1 saturated heterocycles. The third-order valence-corrected chi connectivity index (χ3v) is 6.41. The second-order valence-corrected chi connectivity index (χ2v) is 9.79. The van der Waals surface area contributed by atoms with Gasteiger partial charge in [0, 0.05) is 12.3 Å². The van der Waals surface area contributed by atoms with Crippen LogP contribution in [0.25, 0.3) is 0 Å². The van der Waals surface area contributed by atoms with Gasteiger partial charge in [-0.1, -0.05) is 0 Å². The number of phosphoric acid groups is 2. The summed E-state index contributed by atoms with van der Waals surface area (Å²) in [5.41, 5.74) is -1.67. The Hall–Kier alpha value is -2.24. The van der Waals surface area contributed by atoms with Gasteiger partial charge in [0.2, 0.25) is 0 Å². The Morgan fingerprint density at radius 1 is 1.03 bits per heavy atom. The Bertz CT molecular complexity index is 1160. The fourth-order valence-electron chi connectivity index (χ4n) is 2.99. The van der Waals surface area contributed by atoms with Gasteiger partial charge in [-0.05, 0) is 0 Å². The maximum absolute atomic E-state index is 12.5. The lowest BCUT2D eigenvalue weighted by molar-refractivity contribution is -0.0795. The molecule has 19 heteroatoms. The second-order valence-electron chi connectivity index (χ2n) is 6.93. The van der Waals surface area contributed by atoms with Crippen molar-refractivity contribution in [2.45, 2.75) is 37.4 Å². The summed E-state index contributed by atoms with van der Waals surface area (Å²) >= 11 is 0. The number of rotatable bonds is 15. The highest BCUT2D eigenvalue weighted by molar-refractivity contribution is 7.47. The molecule has 6 atom stereocenters. The Labute approximate surface area is 203 Å². The molecule has 2 unspecified atom stereocenters. The summed E-state index contributed by atoms with van der Waals surface area (Å²) in [6.45, 7) is -2.55. The van der Waals surface area contributed by atoms with Gasteiger partial charge >= 0.3 is 21.3 Å². The van der Waals surface area contributed by atoms with E-state index in [4.69, 9.17) is 33.6 Å². The van der Waals surface area contributed by atoms with Gasteiger partial charge in [-0.2, -0.15) is 10.5 Å². The van der Waals surface area contributed by atoms with E-state index in [2.05, 4.69) is 4.52 Å². The fourth-order valence-corrected chi connectivity index (χ4v) is 4.67. The number of ether oxygens (including phenoxy) is 2. The van der Waals surface area contributed by atoms with E-state index < -0.39 is 77.9 Å². The molecule has 0 amide bonds. The molecule has 0 saturated carbocycles. The van der Waals surface area contributed by atoms with Crippen LogP contribution < -0.4 is 11.2 Å². The number of aliphatic hydroxyl groups is 1. The largest absolute Gasteiger partial charge is 0.472 e. The van der Waals surface area contributed by atoms with Gasteiger partial charge in [0.15, 0.2) is 6.23 Å². The normalized spacial score (nSPS) is 24.9. The summed E-state index contributed by atoms with van der Waals surface area (Å²) in [6, 6.07) is 4.40. The van der Waals surface area contributed by atoms with Crippen LogP contribution in [0, 0.1) is 22.7 Å². The molecule has 1 aromatic rings. The highest BCUT2D eigenvalue weighted by Gasteiger charge is 2.51. The predicted molar refractivity (Wildman–Crippen MR) is 115 cm³/mol. The lowest BCUT2D eigenvalue weighted by atomic mass is 10.1. The van der Waals surface area contributed by atoms with Crippen LogP contribution in [0.15, 0.2) is 21.9 Å². The summed E-state index contributed by atoms with van der Waals surface area (Å²) in [5.74, 6) is 0. The van der Waals surface area contributed by atoms with Crippen molar-refractivity contribution in [2.24, 2.45) is 0 Å². The van der Waals surface area contributed by atoms with Crippen LogP contribution in [0.4, 0.5) is 0 Å². The minimum Gasteiger partial charge on any atom is -0.394 e. The zero-order valence-electron chi connectivity index (χ0n) is 18.6. The number of aromatic amines is 1. The van der Waals surface area contributed by atoms with E-state index in [-0.39, 0.29) is 19.4 Å². The van der Waals surface area contributed by atoms with Crippen LogP contribution in [0.3, 0.4) is 0 Å². The summed E-state index contributed by atoms with van der Waals surface area (Å²) in [4.78, 5) is 45.7. The Balaban J connectivity index is 2.36. The van der Waals surface area contributed by atoms with E-state index in [9.17, 15) is 33.6 Å². The molecule has 0 bridgehead atoms. The summed E-state index contributed by atoms with van der Waals surface area (Å²) in [5, 5.41) is 26.3. The number of nitrogens with zero attached hydrogens (tertiary/aromatic N) is 3. The molecule has 2 heterocycles. The van der Waals surface area contributed by atoms with Crippen molar-refractivity contribution in [3.63, 3.8) is 0 Å². The molecule has 0 aromatic carbocycles. The number of hydrogen-bond donors (Lipinski definition) is 4. The molecule has 200 valence electrons. The number of nitriles is 2. The maximum atomic E-state index is 12.5. The molecule has 1 aliphatic heterocycles. The second kappa shape index (κ2) is 13.9. The van der Waals surface area contributed by atoms with Crippen LogP contribution in [0.1, 0.15) is 19.1 Å². The SMILES string of the molecule is N#CCCOP(=O)(O)OC[C@H]1O[C@@H](n2ccc(=O)[nH]c2=O)[C@H](OCCO)[C@@H]1OP(=O)(O)OCCC#N. The van der Waals surface area contributed by atoms with Crippen LogP contribution in [-0.4, -0.2) is 75.8 Å². The van der Waals surface area contributed by atoms with Crippen molar-refractivity contribution in [3.05, 3.63) is 33.1 Å². The van der Waals surface area contributed by atoms with Gasteiger partial charge in [-0.25, -0.2) is 13.9 Å². The predicted octanol–water partition coefficient (Wildman–Crippen LogP) is -0.725. The number of hydrogen-bond acceptors (Lipinski definition) is 13. The molecular weight excluding hydrogens is 530 g/mol. The monoisotopic (exact) mass is 554 g/mol. The summed E-state index contributed by atoms with van der Waals surface area (Å²) < 4.78 is 56.0. The number of H-pyrrole nitrogens is 1. The number of phosphoric ester groups is 2. The molecule has 1 aromatic heterocycles. The van der Waals surface area contributed by atoms with E-state index in [0.717, 1.165) is 16.8 Å². The van der Waals surface area contributed by atoms with Crippen LogP contribution in [0.5, 0.6) is 0 Å². The Morgan fingerprint density at radius 2 is 1.67 bits per heavy atom. The maximum Gasteiger partial charge on any atom is 0.472 e. The molecule has 2 rings (SSSR count). The zero-order valence-corrected chi connectivity index (χ0v) is 20.4. The molecular formula is C17H24N4O13P2. The number of aliphatic hydroxyl groups excluding tert-OH is 1. The van der Waals surface area contributed by atoms with E-state index in [1.165, 1.54) is 0 Å². The standard InChI is InChI=1S/C17H24N4O13P2/c18-4-1-8-30-35(25,26)32-11-12-14(34-36(27,28)31-9-2-5-19)15(29-10-7-22)16(33-12)21-6-3-13(23)20-17(21)24/h3,6,12,14-16,22H,1-2,7-11H2,(H,25,26)(H,27,28)(H,20,23,24)/t12-,14-,15-,16-/m1/s1. The molecule has 0 aliphatic carbocycles. The fraction of sp³-hybridized carbons (Fsp3) is 0.647. The van der Waals surface area contributed by atoms with Crippen molar-refractivity contribution >= 4 is 15.6 Å². The highest BCUT2D eigenvalue weighted by atomic mass is 31.2. The first kappa shape index (κ1) is 30.0. The van der Waals surface area contributed by atoms with Gasteiger partial charge in [0.05, 0.1) is 58.0 Å². The Morgan fingerprint density at radius 3 is 2.25 bits per heavy atom. The van der Waals surface area contributed by atoms with Crippen molar-refractivity contribution < 1.29 is 51.6 Å². The third kappa shape index (κ3) is 9.01. The average molecular weight is 554 g/mol. The Kier molecular flexibility index (Phi) is 11.6. The quantitative estimate of drug-likeness (QED) is 0.154. The lowest BCUT2D eigenvalue weighted by Crippen LogP contribution is -2.41. The molecule has 17 nitrogen and oxygen atoms in total. The molecule has 0 radical (unpaired) electrons. The molecule has 1 fully saturated rings. The van der Waals surface area contributed by atoms with Crippen molar-refractivity contribution in [2.75, 3.05) is 33.0 Å². The number of aromatic nitrogens is 2.